The molecule has 0 fully saturated rings. The summed E-state index contributed by atoms with van der Waals surface area (Å²) in [5.41, 5.74) is 1.55. The highest BCUT2D eigenvalue weighted by molar-refractivity contribution is 5.56. The number of fused-ring (bicyclic) bond motifs is 1. The van der Waals surface area contributed by atoms with Crippen LogP contribution >= 0.6 is 0 Å². The van der Waals surface area contributed by atoms with Crippen LogP contribution in [0, 0.1) is 6.92 Å². The third kappa shape index (κ3) is 1.50. The van der Waals surface area contributed by atoms with E-state index in [0.29, 0.717) is 11.6 Å². The van der Waals surface area contributed by atoms with Crippen LogP contribution in [0.15, 0.2) is 35.4 Å². The average molecular weight is 241 g/mol. The van der Waals surface area contributed by atoms with Crippen LogP contribution in [0.4, 0.5) is 0 Å². The molecule has 0 spiro atoms. The third-order valence-corrected chi connectivity index (χ3v) is 2.83. The van der Waals surface area contributed by atoms with Crippen LogP contribution < -0.4 is 5.56 Å². The monoisotopic (exact) mass is 241 g/mol. The summed E-state index contributed by atoms with van der Waals surface area (Å²) in [5.74, 6) is 1.12. The van der Waals surface area contributed by atoms with Gasteiger partial charge in [-0.3, -0.25) is 14.3 Å². The van der Waals surface area contributed by atoms with Gasteiger partial charge in [0, 0.05) is 36.8 Å². The summed E-state index contributed by atoms with van der Waals surface area (Å²) >= 11 is 0. The van der Waals surface area contributed by atoms with Gasteiger partial charge in [0.05, 0.1) is 0 Å². The number of rotatable bonds is 1. The lowest BCUT2D eigenvalue weighted by atomic mass is 10.3. The lowest BCUT2D eigenvalue weighted by Gasteiger charge is -2.00. The molecule has 0 saturated carbocycles. The minimum Gasteiger partial charge on any atom is -0.280 e. The number of aryl methyl sites for hydroxylation is 2. The number of pyridine rings is 1. The Balaban J connectivity index is 2.33. The topological polar surface area (TPSA) is 65.1 Å². The Hall–Kier alpha value is -2.50. The second-order valence-corrected chi connectivity index (χ2v) is 4.07. The van der Waals surface area contributed by atoms with Crippen LogP contribution in [0.2, 0.25) is 0 Å². The number of hydrogen-bond donors (Lipinski definition) is 0. The van der Waals surface area contributed by atoms with E-state index in [0.717, 1.165) is 11.3 Å². The molecule has 0 aliphatic carbocycles. The third-order valence-electron chi connectivity index (χ3n) is 2.83. The maximum absolute atomic E-state index is 11.7. The van der Waals surface area contributed by atoms with Crippen molar-refractivity contribution in [3.63, 3.8) is 0 Å². The van der Waals surface area contributed by atoms with Gasteiger partial charge >= 0.3 is 0 Å². The van der Waals surface area contributed by atoms with E-state index in [4.69, 9.17) is 0 Å². The van der Waals surface area contributed by atoms with E-state index in [1.807, 2.05) is 19.1 Å². The zero-order valence-electron chi connectivity index (χ0n) is 10.0. The van der Waals surface area contributed by atoms with Crippen molar-refractivity contribution in [2.45, 2.75) is 6.92 Å². The molecule has 0 aliphatic rings. The second-order valence-electron chi connectivity index (χ2n) is 4.07. The summed E-state index contributed by atoms with van der Waals surface area (Å²) in [6.45, 7) is 1.83. The zero-order valence-corrected chi connectivity index (χ0v) is 10.0. The van der Waals surface area contributed by atoms with Gasteiger partial charge in [-0.05, 0) is 19.1 Å². The smallest absolute Gasteiger partial charge is 0.254 e. The molecule has 3 aromatic rings. The maximum atomic E-state index is 11.7. The average Bonchev–Trinajstić information content (AvgIpc) is 2.83. The summed E-state index contributed by atoms with van der Waals surface area (Å²) in [7, 11) is 1.68. The number of nitrogens with zero attached hydrogens (tertiary/aromatic N) is 5. The predicted octanol–water partition coefficient (Wildman–Crippen LogP) is 0.798. The molecule has 3 aromatic heterocycles. The fourth-order valence-electron chi connectivity index (χ4n) is 1.82. The van der Waals surface area contributed by atoms with E-state index in [1.165, 1.54) is 10.6 Å². The van der Waals surface area contributed by atoms with Crippen LogP contribution in [0.5, 0.6) is 0 Å². The van der Waals surface area contributed by atoms with Crippen LogP contribution in [-0.4, -0.2) is 24.1 Å². The van der Waals surface area contributed by atoms with Gasteiger partial charge in [0.2, 0.25) is 5.78 Å². The van der Waals surface area contributed by atoms with Crippen LogP contribution in [0.1, 0.15) is 5.69 Å². The Morgan fingerprint density at radius 3 is 2.67 bits per heavy atom. The lowest BCUT2D eigenvalue weighted by Crippen LogP contribution is -2.19. The van der Waals surface area contributed by atoms with Gasteiger partial charge < -0.3 is 0 Å². The van der Waals surface area contributed by atoms with Gasteiger partial charge in [-0.15, -0.1) is 5.10 Å². The van der Waals surface area contributed by atoms with Crippen LogP contribution in [0.25, 0.3) is 17.2 Å². The molecule has 6 heteroatoms. The van der Waals surface area contributed by atoms with Crippen molar-refractivity contribution in [2.24, 2.45) is 7.05 Å². The van der Waals surface area contributed by atoms with Gasteiger partial charge in [-0.25, -0.2) is 4.52 Å². The lowest BCUT2D eigenvalue weighted by molar-refractivity contribution is 0.792. The van der Waals surface area contributed by atoms with E-state index in [2.05, 4.69) is 15.1 Å². The van der Waals surface area contributed by atoms with Crippen LogP contribution in [0.3, 0.4) is 0 Å². The highest BCUT2D eigenvalue weighted by Gasteiger charge is 2.10. The molecule has 0 unspecified atom stereocenters. The van der Waals surface area contributed by atoms with Gasteiger partial charge in [0.25, 0.3) is 5.56 Å². The van der Waals surface area contributed by atoms with Crippen molar-refractivity contribution in [1.29, 1.82) is 0 Å². The summed E-state index contributed by atoms with van der Waals surface area (Å²) in [4.78, 5) is 20.0. The van der Waals surface area contributed by atoms with Crippen molar-refractivity contribution < 1.29 is 0 Å². The Labute approximate surface area is 103 Å². The Morgan fingerprint density at radius 1 is 1.22 bits per heavy atom. The fourth-order valence-corrected chi connectivity index (χ4v) is 1.82. The largest absolute Gasteiger partial charge is 0.280 e. The molecule has 0 radical (unpaired) electrons. The SMILES string of the molecule is Cc1cc(=O)n(C)c2nc(-c3ccncc3)nn12. The Bertz CT molecular complexity index is 772. The van der Waals surface area contributed by atoms with Crippen molar-refractivity contribution >= 4 is 5.78 Å². The van der Waals surface area contributed by atoms with E-state index in [-0.39, 0.29) is 5.56 Å². The summed E-state index contributed by atoms with van der Waals surface area (Å²) in [6.07, 6.45) is 3.37. The minimum atomic E-state index is -0.0892. The Morgan fingerprint density at radius 2 is 1.94 bits per heavy atom. The van der Waals surface area contributed by atoms with Gasteiger partial charge in [-0.1, -0.05) is 0 Å². The van der Waals surface area contributed by atoms with Gasteiger partial charge in [0.15, 0.2) is 5.82 Å². The van der Waals surface area contributed by atoms with Crippen molar-refractivity contribution in [2.75, 3.05) is 0 Å². The molecule has 0 amide bonds. The normalized spacial score (nSPS) is 11.0. The summed E-state index contributed by atoms with van der Waals surface area (Å²) in [6, 6.07) is 5.21. The molecular weight excluding hydrogens is 230 g/mol. The van der Waals surface area contributed by atoms with Gasteiger partial charge in [0.1, 0.15) is 0 Å². The molecule has 3 heterocycles. The van der Waals surface area contributed by atoms with E-state index >= 15 is 0 Å². The second kappa shape index (κ2) is 3.76. The molecule has 0 aliphatic heterocycles. The van der Waals surface area contributed by atoms with E-state index < -0.39 is 0 Å². The molecule has 0 saturated heterocycles. The van der Waals surface area contributed by atoms with Crippen molar-refractivity contribution in [3.8, 4) is 11.4 Å². The van der Waals surface area contributed by atoms with Crippen molar-refractivity contribution in [3.05, 3.63) is 46.6 Å². The first-order chi connectivity index (χ1) is 8.66. The molecule has 90 valence electrons. The highest BCUT2D eigenvalue weighted by atomic mass is 16.1. The first-order valence-electron chi connectivity index (χ1n) is 5.50. The summed E-state index contributed by atoms with van der Waals surface area (Å²) < 4.78 is 3.14. The highest BCUT2D eigenvalue weighted by Crippen LogP contribution is 2.14. The van der Waals surface area contributed by atoms with Gasteiger partial charge in [-0.2, -0.15) is 4.98 Å². The molecule has 0 aromatic carbocycles. The standard InChI is InChI=1S/C12H11N5O/c1-8-7-10(18)16(2)12-14-11(15-17(8)12)9-3-5-13-6-4-9/h3-7H,1-2H3. The molecule has 0 bridgehead atoms. The predicted molar refractivity (Wildman–Crippen MR) is 66.2 cm³/mol. The van der Waals surface area contributed by atoms with Crippen LogP contribution in [-0.2, 0) is 7.05 Å². The Kier molecular flexibility index (Phi) is 2.22. The van der Waals surface area contributed by atoms with E-state index in [1.54, 1.807) is 24.0 Å². The summed E-state index contributed by atoms with van der Waals surface area (Å²) in [5, 5.41) is 4.40. The molecule has 3 rings (SSSR count). The fraction of sp³-hybridized carbons (Fsp3) is 0.167. The quantitative estimate of drug-likeness (QED) is 0.632. The van der Waals surface area contributed by atoms with E-state index in [9.17, 15) is 4.79 Å². The molecule has 0 atom stereocenters. The molecule has 18 heavy (non-hydrogen) atoms. The minimum absolute atomic E-state index is 0.0892. The maximum Gasteiger partial charge on any atom is 0.254 e. The number of aromatic nitrogens is 5. The first-order valence-corrected chi connectivity index (χ1v) is 5.50. The molecular formula is C12H11N5O. The van der Waals surface area contributed by atoms with Crippen molar-refractivity contribution in [1.82, 2.24) is 24.1 Å². The number of hydrogen-bond acceptors (Lipinski definition) is 4. The zero-order chi connectivity index (χ0) is 12.7. The first kappa shape index (κ1) is 10.6. The molecule has 0 N–H and O–H groups in total. The molecule has 6 nitrogen and oxygen atoms in total.